The van der Waals surface area contributed by atoms with E-state index in [1.807, 2.05) is 0 Å². The maximum absolute atomic E-state index is 14.8. The minimum absolute atomic E-state index is 0.0684. The van der Waals surface area contributed by atoms with Crippen LogP contribution in [-0.2, 0) is 29.3 Å². The number of allylic oxidation sites excluding steroid dienone is 2. The van der Waals surface area contributed by atoms with Crippen LogP contribution in [0, 0.1) is 6.92 Å². The molecule has 0 radical (unpaired) electrons. The number of rotatable bonds is 6. The summed E-state index contributed by atoms with van der Waals surface area (Å²) in [5.74, 6) is -7.64. The summed E-state index contributed by atoms with van der Waals surface area (Å²) in [4.78, 5) is 68.0. The molecule has 9 atom stereocenters. The first-order valence-corrected chi connectivity index (χ1v) is 15.4. The number of fused-ring (bicyclic) bond motifs is 5. The number of carbonyl (C=O) groups excluding carboxylic acids is 5. The number of methoxy groups -OCH3 is 4. The third kappa shape index (κ3) is 4.37. The van der Waals surface area contributed by atoms with Gasteiger partial charge in [0.05, 0.1) is 30.4 Å². The number of Topliss-reactive ketones (excluding diaryl/α,β-unsaturated/α-hetero) is 2. The first-order chi connectivity index (χ1) is 23.6. The van der Waals surface area contributed by atoms with Crippen LogP contribution in [0.2, 0.25) is 0 Å². The van der Waals surface area contributed by atoms with Crippen LogP contribution in [0.3, 0.4) is 0 Å². The topological polar surface area (TPSA) is 245 Å². The highest BCUT2D eigenvalue weighted by Crippen LogP contribution is 2.59. The van der Waals surface area contributed by atoms with Crippen molar-refractivity contribution in [2.75, 3.05) is 28.4 Å². The van der Waals surface area contributed by atoms with Crippen molar-refractivity contribution in [3.8, 4) is 11.5 Å². The Morgan fingerprint density at radius 1 is 0.880 bits per heavy atom. The number of phenolic OH excluding ortho intramolecular Hbond substituents is 2. The van der Waals surface area contributed by atoms with E-state index in [-0.39, 0.29) is 11.1 Å². The van der Waals surface area contributed by atoms with E-state index in [4.69, 9.17) is 23.7 Å². The third-order valence-electron chi connectivity index (χ3n) is 10.2. The lowest BCUT2D eigenvalue weighted by Gasteiger charge is -2.56. The van der Waals surface area contributed by atoms with Crippen molar-refractivity contribution in [3.05, 3.63) is 68.8 Å². The smallest absolute Gasteiger partial charge is 0.341 e. The Bertz CT molecular complexity index is 1900. The molecule has 1 fully saturated rings. The Morgan fingerprint density at radius 3 is 2.12 bits per heavy atom. The number of hydrogen-bond acceptors (Lipinski definition) is 16. The summed E-state index contributed by atoms with van der Waals surface area (Å²) in [6.07, 6.45) is -5.88. The fourth-order valence-electron chi connectivity index (χ4n) is 7.90. The molecule has 1 saturated heterocycles. The molecule has 0 aromatic heterocycles. The number of esters is 1. The summed E-state index contributed by atoms with van der Waals surface area (Å²) in [6, 6.07) is 0.516. The van der Waals surface area contributed by atoms with Crippen LogP contribution in [0.1, 0.15) is 81.4 Å². The average Bonchev–Trinajstić information content (AvgIpc) is 3.07. The Morgan fingerprint density at radius 2 is 1.52 bits per heavy atom. The van der Waals surface area contributed by atoms with Gasteiger partial charge >= 0.3 is 5.97 Å². The zero-order chi connectivity index (χ0) is 36.8. The van der Waals surface area contributed by atoms with E-state index in [9.17, 15) is 49.5 Å². The lowest BCUT2D eigenvalue weighted by molar-refractivity contribution is -0.247. The standard InChI is InChI=1S/C34H35NO15/c1-11-9-15-21(24(39)18(11)32(44)48-5)33(45)28(41)14-10-13-16(36)7-8-17(37)19(13)23(38)20(14)29(42)34(33,49-6)30(43)22(15)35-31-27(47-4)25(40)26(46-3)12(2)50-31/h7-10,12,22,25-27,30-31,35,38-40,43,45H,1-6H3/t12-,22?,25+,26-,27+,30+,31-,33-,34-/m0/s1. The van der Waals surface area contributed by atoms with Gasteiger partial charge in [0, 0.05) is 38.0 Å². The molecule has 50 heavy (non-hydrogen) atoms. The fourth-order valence-corrected chi connectivity index (χ4v) is 7.90. The lowest BCUT2D eigenvalue weighted by Crippen LogP contribution is -2.75. The largest absolute Gasteiger partial charge is 0.507 e. The highest BCUT2D eigenvalue weighted by molar-refractivity contribution is 6.30. The summed E-state index contributed by atoms with van der Waals surface area (Å²) in [5, 5.41) is 62.2. The molecule has 1 unspecified atom stereocenters. The molecule has 3 aliphatic carbocycles. The second-order valence-electron chi connectivity index (χ2n) is 12.6. The van der Waals surface area contributed by atoms with E-state index < -0.39 is 128 Å². The van der Waals surface area contributed by atoms with Crippen LogP contribution in [0.25, 0.3) is 0 Å². The van der Waals surface area contributed by atoms with Gasteiger partial charge in [-0.25, -0.2) is 4.79 Å². The highest BCUT2D eigenvalue weighted by Gasteiger charge is 2.74. The molecule has 0 bridgehead atoms. The average molecular weight is 698 g/mol. The second-order valence-corrected chi connectivity index (χ2v) is 12.6. The summed E-state index contributed by atoms with van der Waals surface area (Å²) in [6.45, 7) is 3.01. The minimum atomic E-state index is -3.35. The molecule has 0 spiro atoms. The van der Waals surface area contributed by atoms with E-state index in [2.05, 4.69) is 5.32 Å². The van der Waals surface area contributed by atoms with E-state index in [0.29, 0.717) is 0 Å². The molecule has 2 aromatic carbocycles. The molecule has 0 amide bonds. The van der Waals surface area contributed by atoms with Crippen molar-refractivity contribution in [1.82, 2.24) is 5.32 Å². The van der Waals surface area contributed by atoms with Gasteiger partial charge < -0.3 is 49.2 Å². The van der Waals surface area contributed by atoms with Crippen LogP contribution in [-0.4, -0.2) is 125 Å². The predicted octanol–water partition coefficient (Wildman–Crippen LogP) is -0.0791. The van der Waals surface area contributed by atoms with Gasteiger partial charge in [0.2, 0.25) is 11.6 Å². The van der Waals surface area contributed by atoms with E-state index in [1.165, 1.54) is 27.2 Å². The van der Waals surface area contributed by atoms with Crippen molar-refractivity contribution in [2.45, 2.75) is 67.8 Å². The fraction of sp³-hybridized carbons (Fsp3) is 0.441. The van der Waals surface area contributed by atoms with Gasteiger partial charge in [0.1, 0.15) is 47.7 Å². The Labute approximate surface area is 284 Å². The molecule has 6 rings (SSSR count). The number of aliphatic hydroxyl groups excluding tert-OH is 2. The molecule has 16 heteroatoms. The SMILES string of the molecule is COC(=O)c1c(C)cc2c(c1O)[C@]1(O)C(=O)c3cc4c(c(O)c3C(=O)[C@]1(OC)[C@H](O)C2N[C@H]1O[C@@H](C)[C@H](OC)[C@@H](O)[C@H]1OC)C(=O)C=CC4=O. The van der Waals surface area contributed by atoms with Gasteiger partial charge in [0.15, 0.2) is 22.8 Å². The van der Waals surface area contributed by atoms with Crippen LogP contribution >= 0.6 is 0 Å². The number of benzene rings is 2. The molecule has 1 aliphatic heterocycles. The first-order valence-electron chi connectivity index (χ1n) is 15.4. The monoisotopic (exact) mass is 697 g/mol. The van der Waals surface area contributed by atoms with Crippen LogP contribution in [0.5, 0.6) is 11.5 Å². The van der Waals surface area contributed by atoms with Crippen molar-refractivity contribution < 1.29 is 73.2 Å². The normalized spacial score (nSPS) is 33.0. The van der Waals surface area contributed by atoms with Gasteiger partial charge in [-0.2, -0.15) is 0 Å². The number of carbonyl (C=O) groups is 5. The van der Waals surface area contributed by atoms with Gasteiger partial charge in [-0.05, 0) is 43.2 Å². The molecule has 2 aromatic rings. The maximum atomic E-state index is 14.8. The number of hydrogen-bond donors (Lipinski definition) is 6. The minimum Gasteiger partial charge on any atom is -0.507 e. The molecule has 266 valence electrons. The van der Waals surface area contributed by atoms with Gasteiger partial charge in [-0.1, -0.05) is 6.07 Å². The van der Waals surface area contributed by atoms with Crippen LogP contribution in [0.15, 0.2) is 24.3 Å². The number of aromatic hydroxyl groups is 2. The van der Waals surface area contributed by atoms with Crippen molar-refractivity contribution in [3.63, 3.8) is 0 Å². The Balaban J connectivity index is 1.66. The third-order valence-corrected chi connectivity index (χ3v) is 10.2. The molecule has 16 nitrogen and oxygen atoms in total. The zero-order valence-electron chi connectivity index (χ0n) is 27.7. The molecule has 4 aliphatic rings. The van der Waals surface area contributed by atoms with Crippen LogP contribution in [0.4, 0.5) is 0 Å². The molecule has 1 heterocycles. The summed E-state index contributed by atoms with van der Waals surface area (Å²) < 4.78 is 27.4. The number of ketones is 4. The first kappa shape index (κ1) is 35.4. The number of phenols is 2. The van der Waals surface area contributed by atoms with E-state index >= 15 is 0 Å². The highest BCUT2D eigenvalue weighted by atomic mass is 16.6. The zero-order valence-corrected chi connectivity index (χ0v) is 27.7. The van der Waals surface area contributed by atoms with E-state index in [0.717, 1.165) is 32.4 Å². The number of aryl methyl sites for hydroxylation is 1. The van der Waals surface area contributed by atoms with Crippen molar-refractivity contribution in [1.29, 1.82) is 0 Å². The molecular weight excluding hydrogens is 662 g/mol. The number of nitrogens with one attached hydrogen (secondary N) is 1. The quantitative estimate of drug-likeness (QED) is 0.216. The summed E-state index contributed by atoms with van der Waals surface area (Å²) in [5.41, 5.74) is -10.4. The Hall–Kier alpha value is -4.39. The Kier molecular flexibility index (Phi) is 8.60. The predicted molar refractivity (Wildman–Crippen MR) is 166 cm³/mol. The molecule has 0 saturated carbocycles. The van der Waals surface area contributed by atoms with Crippen molar-refractivity contribution >= 4 is 29.1 Å². The van der Waals surface area contributed by atoms with Gasteiger partial charge in [0.25, 0.3) is 0 Å². The lowest BCUT2D eigenvalue weighted by atomic mass is 9.55. The van der Waals surface area contributed by atoms with E-state index in [1.54, 1.807) is 6.92 Å². The van der Waals surface area contributed by atoms with Crippen molar-refractivity contribution in [2.24, 2.45) is 0 Å². The van der Waals surface area contributed by atoms with Crippen LogP contribution < -0.4 is 5.32 Å². The number of ether oxygens (including phenoxy) is 5. The summed E-state index contributed by atoms with van der Waals surface area (Å²) in [7, 11) is 4.55. The molecular formula is C34H35NO15. The molecule has 6 N–H and O–H groups in total. The van der Waals surface area contributed by atoms with Gasteiger partial charge in [-0.3, -0.25) is 24.5 Å². The maximum Gasteiger partial charge on any atom is 0.341 e. The number of aliphatic hydroxyl groups is 3. The summed E-state index contributed by atoms with van der Waals surface area (Å²) >= 11 is 0. The van der Waals surface area contributed by atoms with Gasteiger partial charge in [-0.15, -0.1) is 0 Å². The second kappa shape index (κ2) is 12.1.